The first kappa shape index (κ1) is 15.8. The fourth-order valence-electron chi connectivity index (χ4n) is 3.84. The summed E-state index contributed by atoms with van der Waals surface area (Å²) >= 11 is 0. The van der Waals surface area contributed by atoms with Gasteiger partial charge in [-0.3, -0.25) is 10.1 Å². The molecule has 116 valence electrons. The van der Waals surface area contributed by atoms with Crippen molar-refractivity contribution in [2.24, 2.45) is 5.92 Å². The Morgan fingerprint density at radius 1 is 1.15 bits per heavy atom. The van der Waals surface area contributed by atoms with Gasteiger partial charge in [0.25, 0.3) is 0 Å². The number of rotatable bonds is 4. The summed E-state index contributed by atoms with van der Waals surface area (Å²) < 4.78 is 4.92. The summed E-state index contributed by atoms with van der Waals surface area (Å²) in [6, 6.07) is 1.04. The summed E-state index contributed by atoms with van der Waals surface area (Å²) in [6.07, 6.45) is 8.94. The van der Waals surface area contributed by atoms with E-state index in [0.29, 0.717) is 18.0 Å². The molecule has 4 heteroatoms. The molecule has 0 aromatic carbocycles. The zero-order valence-electron chi connectivity index (χ0n) is 13.2. The molecule has 1 saturated heterocycles. The Morgan fingerprint density at radius 3 is 2.50 bits per heavy atom. The highest BCUT2D eigenvalue weighted by Gasteiger charge is 2.38. The van der Waals surface area contributed by atoms with E-state index in [1.807, 2.05) is 13.8 Å². The van der Waals surface area contributed by atoms with Gasteiger partial charge in [-0.1, -0.05) is 19.3 Å². The standard InChI is InChI=1S/C16H30N2O2/c1-16(2,15(19)20-3)18-14-10-5-4-8-12(14)13-9-6-7-11-17-13/h12-14,17-18H,4-11H2,1-3H3. The second-order valence-electron chi connectivity index (χ2n) is 6.87. The molecule has 2 rings (SSSR count). The number of nitrogens with one attached hydrogen (secondary N) is 2. The van der Waals surface area contributed by atoms with Crippen LogP contribution in [0.2, 0.25) is 0 Å². The normalized spacial score (nSPS) is 31.9. The van der Waals surface area contributed by atoms with Gasteiger partial charge in [0, 0.05) is 12.1 Å². The first-order valence-electron chi connectivity index (χ1n) is 8.14. The maximum atomic E-state index is 11.9. The van der Waals surface area contributed by atoms with Gasteiger partial charge in [-0.25, -0.2) is 0 Å². The van der Waals surface area contributed by atoms with Gasteiger partial charge >= 0.3 is 5.97 Å². The first-order chi connectivity index (χ1) is 9.54. The molecule has 3 unspecified atom stereocenters. The van der Waals surface area contributed by atoms with Crippen LogP contribution in [0.15, 0.2) is 0 Å². The van der Waals surface area contributed by atoms with Crippen LogP contribution in [-0.2, 0) is 9.53 Å². The minimum Gasteiger partial charge on any atom is -0.468 e. The van der Waals surface area contributed by atoms with Gasteiger partial charge in [0.05, 0.1) is 7.11 Å². The van der Waals surface area contributed by atoms with E-state index in [1.165, 1.54) is 52.1 Å². The number of carbonyl (C=O) groups excluding carboxylic acids is 1. The van der Waals surface area contributed by atoms with E-state index >= 15 is 0 Å². The predicted molar refractivity (Wildman–Crippen MR) is 80.6 cm³/mol. The Balaban J connectivity index is 2.01. The molecule has 1 aliphatic carbocycles. The molecule has 2 fully saturated rings. The van der Waals surface area contributed by atoms with Crippen LogP contribution in [0.4, 0.5) is 0 Å². The average molecular weight is 282 g/mol. The van der Waals surface area contributed by atoms with Gasteiger partial charge < -0.3 is 10.1 Å². The third-order valence-corrected chi connectivity index (χ3v) is 4.93. The predicted octanol–water partition coefficient (Wildman–Crippen LogP) is 2.23. The zero-order chi connectivity index (χ0) is 14.6. The molecule has 4 nitrogen and oxygen atoms in total. The smallest absolute Gasteiger partial charge is 0.325 e. The number of esters is 1. The lowest BCUT2D eigenvalue weighted by Gasteiger charge is -2.42. The van der Waals surface area contributed by atoms with Crippen molar-refractivity contribution in [2.75, 3.05) is 13.7 Å². The minimum atomic E-state index is -0.594. The van der Waals surface area contributed by atoms with E-state index in [4.69, 9.17) is 4.74 Å². The second-order valence-corrected chi connectivity index (χ2v) is 6.87. The summed E-state index contributed by atoms with van der Waals surface area (Å²) in [5.74, 6) is 0.478. The Morgan fingerprint density at radius 2 is 1.85 bits per heavy atom. The third-order valence-electron chi connectivity index (χ3n) is 4.93. The van der Waals surface area contributed by atoms with Crippen molar-refractivity contribution in [1.82, 2.24) is 10.6 Å². The highest BCUT2D eigenvalue weighted by atomic mass is 16.5. The van der Waals surface area contributed by atoms with E-state index in [9.17, 15) is 4.79 Å². The third kappa shape index (κ3) is 3.73. The number of carbonyl (C=O) groups is 1. The summed E-state index contributed by atoms with van der Waals surface area (Å²) in [6.45, 7) is 5.01. The fourth-order valence-corrected chi connectivity index (χ4v) is 3.84. The van der Waals surface area contributed by atoms with Crippen LogP contribution in [0.1, 0.15) is 58.8 Å². The summed E-state index contributed by atoms with van der Waals surface area (Å²) in [5.41, 5.74) is -0.594. The second kappa shape index (κ2) is 6.90. The van der Waals surface area contributed by atoms with Crippen LogP contribution in [-0.4, -0.2) is 37.2 Å². The Kier molecular flexibility index (Phi) is 5.44. The first-order valence-corrected chi connectivity index (χ1v) is 8.14. The molecule has 2 aliphatic rings. The van der Waals surface area contributed by atoms with Gasteiger partial charge in [-0.05, 0) is 52.0 Å². The molecule has 0 spiro atoms. The van der Waals surface area contributed by atoms with Crippen molar-refractivity contribution in [1.29, 1.82) is 0 Å². The number of methoxy groups -OCH3 is 1. The van der Waals surface area contributed by atoms with E-state index < -0.39 is 5.54 Å². The molecule has 0 aromatic rings. The maximum absolute atomic E-state index is 11.9. The Labute approximate surface area is 123 Å². The molecular weight excluding hydrogens is 252 g/mol. The van der Waals surface area contributed by atoms with Crippen molar-refractivity contribution < 1.29 is 9.53 Å². The monoisotopic (exact) mass is 282 g/mol. The zero-order valence-corrected chi connectivity index (χ0v) is 13.2. The quantitative estimate of drug-likeness (QED) is 0.776. The van der Waals surface area contributed by atoms with Crippen LogP contribution in [0.25, 0.3) is 0 Å². The molecule has 0 bridgehead atoms. The lowest BCUT2D eigenvalue weighted by atomic mass is 9.76. The molecule has 0 aromatic heterocycles. The van der Waals surface area contributed by atoms with Crippen molar-refractivity contribution in [3.8, 4) is 0 Å². The summed E-state index contributed by atoms with van der Waals surface area (Å²) in [5, 5.41) is 7.27. The summed E-state index contributed by atoms with van der Waals surface area (Å²) in [4.78, 5) is 11.9. The lowest BCUT2D eigenvalue weighted by Crippen LogP contribution is -2.58. The van der Waals surface area contributed by atoms with Crippen molar-refractivity contribution in [3.63, 3.8) is 0 Å². The van der Waals surface area contributed by atoms with Crippen LogP contribution >= 0.6 is 0 Å². The molecule has 20 heavy (non-hydrogen) atoms. The highest BCUT2D eigenvalue weighted by Crippen LogP contribution is 2.31. The van der Waals surface area contributed by atoms with Gasteiger partial charge in [-0.2, -0.15) is 0 Å². The fraction of sp³-hybridized carbons (Fsp3) is 0.938. The van der Waals surface area contributed by atoms with Gasteiger partial charge in [0.2, 0.25) is 0 Å². The van der Waals surface area contributed by atoms with E-state index in [0.717, 1.165) is 6.54 Å². The largest absolute Gasteiger partial charge is 0.468 e. The number of piperidine rings is 1. The maximum Gasteiger partial charge on any atom is 0.325 e. The topological polar surface area (TPSA) is 50.4 Å². The van der Waals surface area contributed by atoms with E-state index in [-0.39, 0.29) is 5.97 Å². The summed E-state index contributed by atoms with van der Waals surface area (Å²) in [7, 11) is 1.47. The van der Waals surface area contributed by atoms with Crippen LogP contribution in [0.3, 0.4) is 0 Å². The van der Waals surface area contributed by atoms with Gasteiger partial charge in [0.1, 0.15) is 5.54 Å². The van der Waals surface area contributed by atoms with Gasteiger partial charge in [-0.15, -0.1) is 0 Å². The van der Waals surface area contributed by atoms with Gasteiger partial charge in [0.15, 0.2) is 0 Å². The van der Waals surface area contributed by atoms with Crippen molar-refractivity contribution in [3.05, 3.63) is 0 Å². The van der Waals surface area contributed by atoms with E-state index in [2.05, 4.69) is 10.6 Å². The molecule has 3 atom stereocenters. The Hall–Kier alpha value is -0.610. The molecule has 0 radical (unpaired) electrons. The average Bonchev–Trinajstić information content (AvgIpc) is 2.47. The Bertz CT molecular complexity index is 324. The van der Waals surface area contributed by atoms with Crippen molar-refractivity contribution in [2.45, 2.75) is 76.4 Å². The lowest BCUT2D eigenvalue weighted by molar-refractivity contribution is -0.147. The van der Waals surface area contributed by atoms with Crippen LogP contribution < -0.4 is 10.6 Å². The van der Waals surface area contributed by atoms with Crippen LogP contribution in [0.5, 0.6) is 0 Å². The highest BCUT2D eigenvalue weighted by molar-refractivity contribution is 5.79. The molecule has 2 N–H and O–H groups in total. The molecule has 1 heterocycles. The SMILES string of the molecule is COC(=O)C(C)(C)NC1CCCCC1C1CCCCN1. The number of hydrogen-bond acceptors (Lipinski definition) is 4. The van der Waals surface area contributed by atoms with E-state index in [1.54, 1.807) is 0 Å². The molecular formula is C16H30N2O2. The molecule has 1 saturated carbocycles. The minimum absolute atomic E-state index is 0.168. The van der Waals surface area contributed by atoms with Crippen molar-refractivity contribution >= 4 is 5.97 Å². The number of hydrogen-bond donors (Lipinski definition) is 2. The number of ether oxygens (including phenoxy) is 1. The molecule has 0 amide bonds. The molecule has 1 aliphatic heterocycles. The van der Waals surface area contributed by atoms with Crippen LogP contribution in [0, 0.1) is 5.92 Å².